The zero-order chi connectivity index (χ0) is 22.3. The Bertz CT molecular complexity index is 946. The molecule has 1 aliphatic heterocycles. The predicted molar refractivity (Wildman–Crippen MR) is 119 cm³/mol. The van der Waals surface area contributed by atoms with Crippen molar-refractivity contribution in [3.05, 3.63) is 53.8 Å². The van der Waals surface area contributed by atoms with Gasteiger partial charge in [-0.1, -0.05) is 18.2 Å². The number of nitrogens with zero attached hydrogens (tertiary/aromatic N) is 1. The van der Waals surface area contributed by atoms with Crippen LogP contribution in [0.25, 0.3) is 0 Å². The number of rotatable bonds is 7. The van der Waals surface area contributed by atoms with Gasteiger partial charge < -0.3 is 25.8 Å². The highest BCUT2D eigenvalue weighted by Gasteiger charge is 2.24. The number of nitrogens with one attached hydrogen (secondary N) is 2. The summed E-state index contributed by atoms with van der Waals surface area (Å²) in [5, 5.41) is 6.42. The maximum absolute atomic E-state index is 13.9. The van der Waals surface area contributed by atoms with E-state index in [0.717, 1.165) is 12.1 Å². The standard InChI is InChI=1S/C23H29FN4O3/c1-23(2,21(25)29)15-27-22(26-11-10-16-6-3-4-7-18(16)24)28-17-8-9-19-20(14-17)31-13-5-12-30-19/h3-4,6-9,14H,5,10-13,15H2,1-2H3,(H2,25,29)(H2,26,27,28). The predicted octanol–water partition coefficient (Wildman–Crippen LogP) is 3.10. The molecule has 0 unspecified atom stereocenters. The molecule has 1 heterocycles. The van der Waals surface area contributed by atoms with E-state index < -0.39 is 11.3 Å². The number of nitrogens with two attached hydrogens (primary N) is 1. The molecule has 2 aromatic carbocycles. The molecule has 31 heavy (non-hydrogen) atoms. The van der Waals surface area contributed by atoms with Crippen molar-refractivity contribution >= 4 is 17.6 Å². The van der Waals surface area contributed by atoms with Gasteiger partial charge in [0.2, 0.25) is 5.91 Å². The molecule has 0 atom stereocenters. The fourth-order valence-electron chi connectivity index (χ4n) is 2.89. The van der Waals surface area contributed by atoms with Crippen molar-refractivity contribution in [1.29, 1.82) is 0 Å². The van der Waals surface area contributed by atoms with Gasteiger partial charge in [-0.3, -0.25) is 9.79 Å². The lowest BCUT2D eigenvalue weighted by Gasteiger charge is -2.20. The molecule has 1 aliphatic rings. The second-order valence-electron chi connectivity index (χ2n) is 8.02. The van der Waals surface area contributed by atoms with E-state index in [4.69, 9.17) is 15.2 Å². The first-order chi connectivity index (χ1) is 14.8. The number of halogens is 1. The maximum Gasteiger partial charge on any atom is 0.224 e. The van der Waals surface area contributed by atoms with Gasteiger partial charge in [0.1, 0.15) is 5.82 Å². The number of carbonyl (C=O) groups excluding carboxylic acids is 1. The minimum Gasteiger partial charge on any atom is -0.490 e. The lowest BCUT2D eigenvalue weighted by molar-refractivity contribution is -0.125. The second kappa shape index (κ2) is 10.1. The molecule has 0 bridgehead atoms. The summed E-state index contributed by atoms with van der Waals surface area (Å²) < 4.78 is 25.3. The highest BCUT2D eigenvalue weighted by molar-refractivity contribution is 5.94. The van der Waals surface area contributed by atoms with Crippen LogP contribution < -0.4 is 25.8 Å². The average Bonchev–Trinajstić information content (AvgIpc) is 2.98. The van der Waals surface area contributed by atoms with Crippen LogP contribution in [0.1, 0.15) is 25.8 Å². The van der Waals surface area contributed by atoms with E-state index in [-0.39, 0.29) is 12.4 Å². The number of ether oxygens (including phenoxy) is 2. The Kier molecular flexibility index (Phi) is 7.33. The minimum absolute atomic E-state index is 0.196. The van der Waals surface area contributed by atoms with Gasteiger partial charge in [0.25, 0.3) is 0 Å². The zero-order valence-corrected chi connectivity index (χ0v) is 17.9. The van der Waals surface area contributed by atoms with Gasteiger partial charge in [-0.25, -0.2) is 4.39 Å². The molecule has 7 nitrogen and oxygen atoms in total. The molecule has 166 valence electrons. The fourth-order valence-corrected chi connectivity index (χ4v) is 2.89. The van der Waals surface area contributed by atoms with E-state index in [1.807, 2.05) is 18.2 Å². The quantitative estimate of drug-likeness (QED) is 0.465. The first-order valence-corrected chi connectivity index (χ1v) is 10.3. The Morgan fingerprint density at radius 3 is 2.65 bits per heavy atom. The summed E-state index contributed by atoms with van der Waals surface area (Å²) in [5.41, 5.74) is 6.03. The number of carbonyl (C=O) groups is 1. The summed E-state index contributed by atoms with van der Waals surface area (Å²) >= 11 is 0. The molecule has 0 spiro atoms. The van der Waals surface area contributed by atoms with Crippen molar-refractivity contribution in [1.82, 2.24) is 5.32 Å². The van der Waals surface area contributed by atoms with Crippen LogP contribution in [-0.2, 0) is 11.2 Å². The normalized spacial score (nSPS) is 14.0. The third kappa shape index (κ3) is 6.34. The molecule has 0 fully saturated rings. The van der Waals surface area contributed by atoms with Crippen molar-refractivity contribution in [2.75, 3.05) is 31.6 Å². The Hall–Kier alpha value is -3.29. The van der Waals surface area contributed by atoms with E-state index in [0.29, 0.717) is 49.2 Å². The summed E-state index contributed by atoms with van der Waals surface area (Å²) in [4.78, 5) is 16.2. The van der Waals surface area contributed by atoms with Crippen LogP contribution in [0.5, 0.6) is 11.5 Å². The number of anilines is 1. The average molecular weight is 429 g/mol. The van der Waals surface area contributed by atoms with Crippen LogP contribution in [0.2, 0.25) is 0 Å². The first-order valence-electron chi connectivity index (χ1n) is 10.3. The second-order valence-corrected chi connectivity index (χ2v) is 8.02. The number of amides is 1. The summed E-state index contributed by atoms with van der Waals surface area (Å²) in [6.07, 6.45) is 1.30. The molecule has 2 aromatic rings. The van der Waals surface area contributed by atoms with Crippen LogP contribution in [0.4, 0.5) is 10.1 Å². The zero-order valence-electron chi connectivity index (χ0n) is 17.9. The number of hydrogen-bond acceptors (Lipinski definition) is 4. The molecule has 0 saturated carbocycles. The Morgan fingerprint density at radius 2 is 1.90 bits per heavy atom. The number of aliphatic imine (C=N–C) groups is 1. The summed E-state index contributed by atoms with van der Waals surface area (Å²) in [6.45, 7) is 5.33. The Balaban J connectivity index is 1.73. The van der Waals surface area contributed by atoms with E-state index >= 15 is 0 Å². The molecule has 1 amide bonds. The Labute approximate surface area is 181 Å². The molecular formula is C23H29FN4O3. The van der Waals surface area contributed by atoms with Gasteiger partial charge in [0.15, 0.2) is 17.5 Å². The van der Waals surface area contributed by atoms with Gasteiger partial charge in [0, 0.05) is 24.7 Å². The molecule has 0 saturated heterocycles. The van der Waals surface area contributed by atoms with Crippen LogP contribution >= 0.6 is 0 Å². The van der Waals surface area contributed by atoms with Crippen molar-refractivity contribution in [3.8, 4) is 11.5 Å². The molecule has 0 radical (unpaired) electrons. The topological polar surface area (TPSA) is 98.0 Å². The summed E-state index contributed by atoms with van der Waals surface area (Å²) in [6, 6.07) is 12.2. The van der Waals surface area contributed by atoms with E-state index in [1.54, 1.807) is 32.0 Å². The van der Waals surface area contributed by atoms with Gasteiger partial charge in [0.05, 0.1) is 25.2 Å². The maximum atomic E-state index is 13.9. The molecule has 8 heteroatoms. The van der Waals surface area contributed by atoms with Crippen LogP contribution in [0, 0.1) is 11.2 Å². The highest BCUT2D eigenvalue weighted by atomic mass is 19.1. The monoisotopic (exact) mass is 428 g/mol. The number of fused-ring (bicyclic) bond motifs is 1. The first kappa shape index (κ1) is 22.4. The van der Waals surface area contributed by atoms with Gasteiger partial charge >= 0.3 is 0 Å². The molecule has 4 N–H and O–H groups in total. The molecule has 0 aromatic heterocycles. The third-order valence-electron chi connectivity index (χ3n) is 4.95. The molecule has 3 rings (SSSR count). The van der Waals surface area contributed by atoms with E-state index in [1.165, 1.54) is 6.07 Å². The number of guanidine groups is 1. The number of benzene rings is 2. The SMILES string of the molecule is CC(C)(CN=C(NCCc1ccccc1F)Nc1ccc2c(c1)OCCCO2)C(N)=O. The van der Waals surface area contributed by atoms with Gasteiger partial charge in [-0.05, 0) is 44.0 Å². The minimum atomic E-state index is -0.801. The lowest BCUT2D eigenvalue weighted by atomic mass is 9.93. The highest BCUT2D eigenvalue weighted by Crippen LogP contribution is 2.32. The van der Waals surface area contributed by atoms with Crippen molar-refractivity contribution < 1.29 is 18.7 Å². The van der Waals surface area contributed by atoms with Crippen LogP contribution in [-0.4, -0.2) is 38.2 Å². The van der Waals surface area contributed by atoms with Crippen LogP contribution in [0.15, 0.2) is 47.5 Å². The lowest BCUT2D eigenvalue weighted by Crippen LogP contribution is -2.37. The van der Waals surface area contributed by atoms with E-state index in [2.05, 4.69) is 15.6 Å². The molecular weight excluding hydrogens is 399 g/mol. The summed E-state index contributed by atoms with van der Waals surface area (Å²) in [5.74, 6) is 1.14. The fraction of sp³-hybridized carbons (Fsp3) is 0.391. The van der Waals surface area contributed by atoms with Crippen LogP contribution in [0.3, 0.4) is 0 Å². The molecule has 0 aliphatic carbocycles. The largest absolute Gasteiger partial charge is 0.490 e. The summed E-state index contributed by atoms with van der Waals surface area (Å²) in [7, 11) is 0. The number of hydrogen-bond donors (Lipinski definition) is 3. The third-order valence-corrected chi connectivity index (χ3v) is 4.95. The van der Waals surface area contributed by atoms with E-state index in [9.17, 15) is 9.18 Å². The number of primary amides is 1. The smallest absolute Gasteiger partial charge is 0.224 e. The Morgan fingerprint density at radius 1 is 1.16 bits per heavy atom. The van der Waals surface area contributed by atoms with Crippen molar-refractivity contribution in [3.63, 3.8) is 0 Å². The van der Waals surface area contributed by atoms with Crippen molar-refractivity contribution in [2.24, 2.45) is 16.1 Å². The van der Waals surface area contributed by atoms with Crippen molar-refractivity contribution in [2.45, 2.75) is 26.7 Å². The van der Waals surface area contributed by atoms with Gasteiger partial charge in [-0.15, -0.1) is 0 Å². The van der Waals surface area contributed by atoms with Gasteiger partial charge in [-0.2, -0.15) is 0 Å².